The Bertz CT molecular complexity index is 856. The summed E-state index contributed by atoms with van der Waals surface area (Å²) in [6, 6.07) is 9.99. The molecule has 0 radical (unpaired) electrons. The van der Waals surface area contributed by atoms with Gasteiger partial charge in [0.1, 0.15) is 5.82 Å². The van der Waals surface area contributed by atoms with Gasteiger partial charge in [0.15, 0.2) is 5.65 Å². The van der Waals surface area contributed by atoms with Crippen molar-refractivity contribution in [1.82, 2.24) is 14.5 Å². The van der Waals surface area contributed by atoms with Crippen LogP contribution in [-0.2, 0) is 0 Å². The van der Waals surface area contributed by atoms with E-state index in [0.717, 1.165) is 0 Å². The van der Waals surface area contributed by atoms with Gasteiger partial charge >= 0.3 is 0 Å². The van der Waals surface area contributed by atoms with Crippen LogP contribution in [0.1, 0.15) is 18.8 Å². The number of hydrogen-bond donors (Lipinski definition) is 1. The Balaban J connectivity index is 2.39. The van der Waals surface area contributed by atoms with Crippen LogP contribution in [0.2, 0.25) is 5.02 Å². The largest absolute Gasteiger partial charge is 0.322 e. The summed E-state index contributed by atoms with van der Waals surface area (Å²) in [5.41, 5.74) is 6.85. The van der Waals surface area contributed by atoms with Crippen molar-refractivity contribution in [1.29, 1.82) is 0 Å². The molecule has 0 saturated carbocycles. The maximum atomic E-state index is 12.7. The lowest BCUT2D eigenvalue weighted by Gasteiger charge is -2.15. The summed E-state index contributed by atoms with van der Waals surface area (Å²) in [4.78, 5) is 21.3. The minimum absolute atomic E-state index is 0.192. The molecule has 1 atom stereocenters. The molecule has 1 aromatic carbocycles. The molecule has 0 aliphatic heterocycles. The maximum Gasteiger partial charge on any atom is 0.267 e. The molecule has 0 aliphatic rings. The maximum absolute atomic E-state index is 12.7. The number of halogens is 1. The minimum Gasteiger partial charge on any atom is -0.322 e. The molecule has 0 unspecified atom stereocenters. The number of benzene rings is 1. The normalized spacial score (nSPS) is 12.5. The van der Waals surface area contributed by atoms with Crippen LogP contribution in [0.3, 0.4) is 0 Å². The van der Waals surface area contributed by atoms with Crippen LogP contribution in [0.25, 0.3) is 16.7 Å². The summed E-state index contributed by atoms with van der Waals surface area (Å²) >= 11 is 5.90. The van der Waals surface area contributed by atoms with Crippen LogP contribution >= 0.6 is 11.6 Å². The van der Waals surface area contributed by atoms with Gasteiger partial charge in [-0.25, -0.2) is 9.97 Å². The van der Waals surface area contributed by atoms with Crippen molar-refractivity contribution in [3.05, 3.63) is 63.8 Å². The Morgan fingerprint density at radius 3 is 2.62 bits per heavy atom. The predicted octanol–water partition coefficient (Wildman–Crippen LogP) is 2.45. The lowest BCUT2D eigenvalue weighted by Crippen LogP contribution is -2.27. The number of nitrogens with zero attached hydrogens (tertiary/aromatic N) is 3. The fourth-order valence-corrected chi connectivity index (χ4v) is 2.31. The van der Waals surface area contributed by atoms with E-state index in [2.05, 4.69) is 9.97 Å². The van der Waals surface area contributed by atoms with Crippen molar-refractivity contribution in [2.45, 2.75) is 13.0 Å². The highest BCUT2D eigenvalue weighted by atomic mass is 35.5. The van der Waals surface area contributed by atoms with Crippen molar-refractivity contribution in [3.63, 3.8) is 0 Å². The molecule has 0 amide bonds. The van der Waals surface area contributed by atoms with E-state index in [-0.39, 0.29) is 5.56 Å². The highest BCUT2D eigenvalue weighted by molar-refractivity contribution is 6.30. The molecule has 0 bridgehead atoms. The van der Waals surface area contributed by atoms with E-state index in [9.17, 15) is 4.79 Å². The van der Waals surface area contributed by atoms with Crippen molar-refractivity contribution in [3.8, 4) is 5.69 Å². The van der Waals surface area contributed by atoms with Crippen LogP contribution in [0.5, 0.6) is 0 Å². The first-order valence-electron chi connectivity index (χ1n) is 6.47. The molecule has 0 fully saturated rings. The topological polar surface area (TPSA) is 73.8 Å². The van der Waals surface area contributed by atoms with E-state index in [1.165, 1.54) is 4.57 Å². The zero-order valence-electron chi connectivity index (χ0n) is 11.3. The van der Waals surface area contributed by atoms with Gasteiger partial charge < -0.3 is 5.73 Å². The molecule has 0 spiro atoms. The van der Waals surface area contributed by atoms with E-state index >= 15 is 0 Å². The van der Waals surface area contributed by atoms with Gasteiger partial charge in [0, 0.05) is 11.2 Å². The third kappa shape index (κ3) is 2.41. The smallest absolute Gasteiger partial charge is 0.267 e. The molecule has 6 heteroatoms. The second-order valence-electron chi connectivity index (χ2n) is 4.75. The van der Waals surface area contributed by atoms with E-state index in [1.54, 1.807) is 49.5 Å². The van der Waals surface area contributed by atoms with Crippen molar-refractivity contribution in [2.24, 2.45) is 5.73 Å². The summed E-state index contributed by atoms with van der Waals surface area (Å²) in [5, 5.41) is 1.06. The number of nitrogens with two attached hydrogens (primary N) is 1. The van der Waals surface area contributed by atoms with Gasteiger partial charge in [-0.05, 0) is 43.3 Å². The van der Waals surface area contributed by atoms with Crippen molar-refractivity contribution < 1.29 is 0 Å². The van der Waals surface area contributed by atoms with E-state index in [4.69, 9.17) is 17.3 Å². The molecular formula is C15H13ClN4O. The number of hydrogen-bond acceptors (Lipinski definition) is 4. The van der Waals surface area contributed by atoms with Crippen LogP contribution in [0, 0.1) is 0 Å². The molecule has 5 nitrogen and oxygen atoms in total. The van der Waals surface area contributed by atoms with E-state index in [0.29, 0.717) is 27.6 Å². The summed E-state index contributed by atoms with van der Waals surface area (Å²) in [7, 11) is 0. The Morgan fingerprint density at radius 1 is 1.24 bits per heavy atom. The number of pyridine rings is 1. The summed E-state index contributed by atoms with van der Waals surface area (Å²) in [6.07, 6.45) is 1.60. The number of fused-ring (bicyclic) bond motifs is 1. The SMILES string of the molecule is C[C@@H](N)c1nc2ncccc2c(=O)n1-c1ccc(Cl)cc1. The first-order valence-corrected chi connectivity index (χ1v) is 6.85. The lowest BCUT2D eigenvalue weighted by atomic mass is 10.2. The Labute approximate surface area is 126 Å². The average molecular weight is 301 g/mol. The Kier molecular flexibility index (Phi) is 3.45. The predicted molar refractivity (Wildman–Crippen MR) is 82.7 cm³/mol. The molecule has 3 aromatic rings. The molecule has 0 saturated heterocycles. The van der Waals surface area contributed by atoms with Crippen LogP contribution < -0.4 is 11.3 Å². The third-order valence-electron chi connectivity index (χ3n) is 3.16. The minimum atomic E-state index is -0.403. The first-order chi connectivity index (χ1) is 10.1. The Morgan fingerprint density at radius 2 is 1.95 bits per heavy atom. The van der Waals surface area contributed by atoms with Gasteiger partial charge in [-0.15, -0.1) is 0 Å². The van der Waals surface area contributed by atoms with E-state index in [1.807, 2.05) is 0 Å². The van der Waals surface area contributed by atoms with E-state index < -0.39 is 6.04 Å². The van der Waals surface area contributed by atoms with Crippen LogP contribution in [-0.4, -0.2) is 14.5 Å². The molecule has 2 N–H and O–H groups in total. The molecule has 3 rings (SSSR count). The molecule has 2 aromatic heterocycles. The van der Waals surface area contributed by atoms with Gasteiger partial charge in [0.2, 0.25) is 0 Å². The molecular weight excluding hydrogens is 288 g/mol. The molecule has 21 heavy (non-hydrogen) atoms. The van der Waals surface area contributed by atoms with Crippen molar-refractivity contribution >= 4 is 22.6 Å². The number of rotatable bonds is 2. The zero-order valence-corrected chi connectivity index (χ0v) is 12.1. The molecule has 106 valence electrons. The van der Waals surface area contributed by atoms with Gasteiger partial charge in [-0.1, -0.05) is 11.6 Å². The zero-order chi connectivity index (χ0) is 15.0. The Hall–Kier alpha value is -2.24. The third-order valence-corrected chi connectivity index (χ3v) is 3.41. The molecule has 0 aliphatic carbocycles. The lowest BCUT2D eigenvalue weighted by molar-refractivity contribution is 0.694. The fraction of sp³-hybridized carbons (Fsp3) is 0.133. The summed E-state index contributed by atoms with van der Waals surface area (Å²) in [5.74, 6) is 0.466. The van der Waals surface area contributed by atoms with Crippen LogP contribution in [0.15, 0.2) is 47.4 Å². The number of aromatic nitrogens is 3. The second kappa shape index (κ2) is 5.27. The fourth-order valence-electron chi connectivity index (χ4n) is 2.18. The quantitative estimate of drug-likeness (QED) is 0.789. The first kappa shape index (κ1) is 13.7. The highest BCUT2D eigenvalue weighted by Gasteiger charge is 2.15. The standard InChI is InChI=1S/C15H13ClN4O/c1-9(17)14-19-13-12(3-2-8-18-13)15(21)20(14)11-6-4-10(16)5-7-11/h2-9H,17H2,1H3/t9-/m1/s1. The van der Waals surface area contributed by atoms with Gasteiger partial charge in [-0.3, -0.25) is 9.36 Å². The second-order valence-corrected chi connectivity index (χ2v) is 5.19. The van der Waals surface area contributed by atoms with Gasteiger partial charge in [0.25, 0.3) is 5.56 Å². The van der Waals surface area contributed by atoms with Gasteiger partial charge in [0.05, 0.1) is 17.1 Å². The molecule has 2 heterocycles. The highest BCUT2D eigenvalue weighted by Crippen LogP contribution is 2.17. The summed E-state index contributed by atoms with van der Waals surface area (Å²) in [6.45, 7) is 1.78. The van der Waals surface area contributed by atoms with Gasteiger partial charge in [-0.2, -0.15) is 0 Å². The summed E-state index contributed by atoms with van der Waals surface area (Å²) < 4.78 is 1.50. The average Bonchev–Trinajstić information content (AvgIpc) is 2.48. The van der Waals surface area contributed by atoms with Crippen molar-refractivity contribution in [2.75, 3.05) is 0 Å². The van der Waals surface area contributed by atoms with Crippen LogP contribution in [0.4, 0.5) is 0 Å². The monoisotopic (exact) mass is 300 g/mol.